The smallest absolute Gasteiger partial charge is 0.489 e. The van der Waals surface area contributed by atoms with Crippen molar-refractivity contribution in [1.82, 2.24) is 40.7 Å². The van der Waals surface area contributed by atoms with E-state index in [0.717, 1.165) is 35.4 Å². The number of amides is 2. The highest BCUT2D eigenvalue weighted by Gasteiger charge is 2.59. The lowest BCUT2D eigenvalue weighted by Gasteiger charge is -2.50. The molecule has 1 aromatic carbocycles. The minimum atomic E-state index is -5.70. The van der Waals surface area contributed by atoms with Gasteiger partial charge in [-0.2, -0.15) is 36.5 Å². The number of β-lactam (4-membered cyclic amide) rings is 1. The zero-order chi connectivity index (χ0) is 39.4. The van der Waals surface area contributed by atoms with Gasteiger partial charge in [0.1, 0.15) is 24.1 Å². The standard InChI is InChI=1S/C28H31F3N12O9S2/c1-27(2)21(24(45)43(27)52-54(47,48)51-25(46)28(29,30)31)35-23(44)20(18-14-53-26(33)34-18)38-50-19(22-36-39-40-37-22)13-49-17-7-5-15(6-8-17)16-11-41(3)42(12-16)10-4-9-32/h5-8,11-12,14,19,21H,4,9-10,13,32H2,1-3H3,(H3-,33,34,35,36,37,39,40,44)/p+1/b38-20-/t19-,21+/m0/s1. The first-order chi connectivity index (χ1) is 25.4. The molecule has 1 saturated heterocycles. The van der Waals surface area contributed by atoms with Gasteiger partial charge in [0.15, 0.2) is 17.9 Å². The van der Waals surface area contributed by atoms with E-state index in [9.17, 15) is 36.0 Å². The molecule has 290 valence electrons. The average molecular weight is 802 g/mol. The van der Waals surface area contributed by atoms with Crippen LogP contribution in [0.25, 0.3) is 11.1 Å². The van der Waals surface area contributed by atoms with Crippen LogP contribution in [0.3, 0.4) is 0 Å². The number of nitrogens with one attached hydrogen (secondary N) is 2. The molecule has 0 spiro atoms. The second-order valence-electron chi connectivity index (χ2n) is 11.8. The van der Waals surface area contributed by atoms with Gasteiger partial charge in [-0.15, -0.1) is 30.5 Å². The van der Waals surface area contributed by atoms with Crippen molar-refractivity contribution in [2.75, 3.05) is 18.9 Å². The van der Waals surface area contributed by atoms with E-state index in [0.29, 0.717) is 12.3 Å². The lowest BCUT2D eigenvalue weighted by Crippen LogP contribution is -2.77. The monoisotopic (exact) mass is 801 g/mol. The Bertz CT molecular complexity index is 2120. The fraction of sp³-hybridized carbons (Fsp3) is 0.393. The van der Waals surface area contributed by atoms with Gasteiger partial charge in [0, 0.05) is 5.38 Å². The number of aryl methyl sites for hydroxylation is 2. The molecule has 0 aliphatic carbocycles. The maximum Gasteiger partial charge on any atom is 0.492 e. The zero-order valence-electron chi connectivity index (χ0n) is 28.4. The Morgan fingerprint density at radius 3 is 2.54 bits per heavy atom. The van der Waals surface area contributed by atoms with Crippen LogP contribution in [0.2, 0.25) is 0 Å². The second-order valence-corrected chi connectivity index (χ2v) is 13.9. The quantitative estimate of drug-likeness (QED) is 0.0495. The summed E-state index contributed by atoms with van der Waals surface area (Å²) < 4.78 is 78.9. The zero-order valence-corrected chi connectivity index (χ0v) is 30.0. The number of nitrogens with two attached hydrogens (primary N) is 2. The van der Waals surface area contributed by atoms with E-state index in [1.165, 1.54) is 19.2 Å². The highest BCUT2D eigenvalue weighted by Crippen LogP contribution is 2.34. The molecule has 1 fully saturated rings. The Morgan fingerprint density at radius 1 is 1.22 bits per heavy atom. The number of hydroxylamine groups is 2. The van der Waals surface area contributed by atoms with Crippen molar-refractivity contribution in [2.45, 2.75) is 50.7 Å². The molecule has 6 N–H and O–H groups in total. The van der Waals surface area contributed by atoms with Crippen LogP contribution in [-0.4, -0.2) is 98.2 Å². The third-order valence-corrected chi connectivity index (χ3v) is 8.99. The molecule has 0 bridgehead atoms. The molecule has 5 rings (SSSR count). The molecule has 4 heterocycles. The van der Waals surface area contributed by atoms with Crippen LogP contribution in [-0.2, 0) is 51.7 Å². The summed E-state index contributed by atoms with van der Waals surface area (Å²) in [5.74, 6) is -5.00. The van der Waals surface area contributed by atoms with Gasteiger partial charge in [0.05, 0.1) is 23.8 Å². The van der Waals surface area contributed by atoms with E-state index in [-0.39, 0.29) is 28.3 Å². The second kappa shape index (κ2) is 15.7. The first-order valence-electron chi connectivity index (χ1n) is 15.5. The predicted molar refractivity (Wildman–Crippen MR) is 176 cm³/mol. The molecule has 0 saturated carbocycles. The number of halogens is 3. The number of hydrogen-bond donors (Lipinski definition) is 4. The van der Waals surface area contributed by atoms with Crippen LogP contribution in [0.15, 0.2) is 47.2 Å². The van der Waals surface area contributed by atoms with Crippen molar-refractivity contribution in [3.05, 3.63) is 53.6 Å². The maximum absolute atomic E-state index is 13.5. The van der Waals surface area contributed by atoms with Gasteiger partial charge in [-0.1, -0.05) is 22.5 Å². The summed E-state index contributed by atoms with van der Waals surface area (Å²) in [6.07, 6.45) is -2.03. The van der Waals surface area contributed by atoms with Crippen molar-refractivity contribution >= 4 is 50.4 Å². The first kappa shape index (κ1) is 39.5. The largest absolute Gasteiger partial charge is 0.492 e. The van der Waals surface area contributed by atoms with Gasteiger partial charge in [0.25, 0.3) is 11.8 Å². The number of ether oxygens (including phenoxy) is 1. The molecule has 0 unspecified atom stereocenters. The molecule has 1 aliphatic rings. The highest BCUT2D eigenvalue weighted by molar-refractivity contribution is 7.82. The number of thiazole rings is 1. The van der Waals surface area contributed by atoms with Gasteiger partial charge < -0.3 is 30.5 Å². The van der Waals surface area contributed by atoms with Crippen molar-refractivity contribution < 1.29 is 58.7 Å². The Morgan fingerprint density at radius 2 is 1.94 bits per heavy atom. The number of rotatable bonds is 16. The molecule has 0 radical (unpaired) electrons. The average Bonchev–Trinajstić information content (AvgIpc) is 3.88. The fourth-order valence-corrected chi connectivity index (χ4v) is 6.15. The molecular formula is C28H32F3N12O9S2+. The van der Waals surface area contributed by atoms with E-state index < -0.39 is 57.8 Å². The van der Waals surface area contributed by atoms with E-state index >= 15 is 0 Å². The molecule has 4 aromatic rings. The van der Waals surface area contributed by atoms with Crippen LogP contribution in [0.5, 0.6) is 5.75 Å². The number of aromatic nitrogens is 7. The number of oxime groups is 1. The minimum absolute atomic E-state index is 0.0187. The molecule has 54 heavy (non-hydrogen) atoms. The molecular weight excluding hydrogens is 770 g/mol. The number of carbonyl (C=O) groups excluding carboxylic acids is 3. The number of hydrogen-bond acceptors (Lipinski definition) is 17. The number of aromatic amines is 1. The third-order valence-electron chi connectivity index (χ3n) is 7.63. The molecule has 2 amide bonds. The number of H-pyrrole nitrogens is 1. The number of nitrogens with zero attached hydrogens (tertiary/aromatic N) is 8. The van der Waals surface area contributed by atoms with E-state index in [2.05, 4.69) is 44.5 Å². The molecule has 26 heteroatoms. The van der Waals surface area contributed by atoms with Crippen LogP contribution < -0.4 is 26.2 Å². The lowest BCUT2D eigenvalue weighted by atomic mass is 9.84. The number of nitrogen functional groups attached to an aromatic ring is 1. The SMILES string of the molecule is C[n+]1cc(-c2ccc(OC[C@H](O/N=C(\C(=O)N[C@@H]3C(=O)N(OS(=O)(=O)OC(=O)C(F)(F)F)C3(C)C)c3csc(N)n3)c3nn[nH]n3)cc2)cn1CCCN. The Kier molecular flexibility index (Phi) is 11.5. The molecule has 21 nitrogen and oxygen atoms in total. The normalized spacial score (nSPS) is 16.4. The number of carbonyl (C=O) groups is 3. The van der Waals surface area contributed by atoms with Gasteiger partial charge in [-0.3, -0.25) is 9.59 Å². The van der Waals surface area contributed by atoms with Crippen molar-refractivity contribution in [1.29, 1.82) is 0 Å². The maximum atomic E-state index is 13.5. The lowest BCUT2D eigenvalue weighted by molar-refractivity contribution is -0.753. The summed E-state index contributed by atoms with van der Waals surface area (Å²) in [5.41, 5.74) is 11.0. The number of alkyl halides is 3. The fourth-order valence-electron chi connectivity index (χ4n) is 4.85. The summed E-state index contributed by atoms with van der Waals surface area (Å²) in [6, 6.07) is 5.64. The third kappa shape index (κ3) is 9.07. The topological polar surface area (TPSA) is 278 Å². The number of tetrazole rings is 1. The van der Waals surface area contributed by atoms with Crippen LogP contribution >= 0.6 is 11.3 Å². The molecule has 2 atom stereocenters. The predicted octanol–water partition coefficient (Wildman–Crippen LogP) is -0.191. The van der Waals surface area contributed by atoms with Gasteiger partial charge in [0.2, 0.25) is 18.1 Å². The summed E-state index contributed by atoms with van der Waals surface area (Å²) in [6.45, 7) is 3.49. The van der Waals surface area contributed by atoms with Crippen LogP contribution in [0, 0.1) is 0 Å². The number of anilines is 1. The highest BCUT2D eigenvalue weighted by atomic mass is 32.3. The van der Waals surface area contributed by atoms with Gasteiger partial charge in [-0.25, -0.2) is 9.78 Å². The van der Waals surface area contributed by atoms with Crippen molar-refractivity contribution in [3.63, 3.8) is 0 Å². The Hall–Kier alpha value is -5.73. The first-order valence-corrected chi connectivity index (χ1v) is 17.7. The van der Waals surface area contributed by atoms with Crippen molar-refractivity contribution in [3.8, 4) is 16.9 Å². The summed E-state index contributed by atoms with van der Waals surface area (Å²) >= 11 is 0.942. The molecule has 1 aliphatic heterocycles. The van der Waals surface area contributed by atoms with Crippen molar-refractivity contribution in [2.24, 2.45) is 17.9 Å². The van der Waals surface area contributed by atoms with Gasteiger partial charge >= 0.3 is 22.5 Å². The van der Waals surface area contributed by atoms with Crippen LogP contribution in [0.1, 0.15) is 37.9 Å². The number of benzene rings is 1. The Balaban J connectivity index is 1.29. The van der Waals surface area contributed by atoms with E-state index in [1.807, 2.05) is 40.9 Å². The summed E-state index contributed by atoms with van der Waals surface area (Å²) in [5, 5.41) is 21.4. The summed E-state index contributed by atoms with van der Waals surface area (Å²) in [7, 11) is -3.77. The van der Waals surface area contributed by atoms with E-state index in [4.69, 9.17) is 21.0 Å². The van der Waals surface area contributed by atoms with Crippen LogP contribution in [0.4, 0.5) is 18.3 Å². The minimum Gasteiger partial charge on any atom is -0.489 e. The van der Waals surface area contributed by atoms with E-state index in [1.54, 1.807) is 12.1 Å². The summed E-state index contributed by atoms with van der Waals surface area (Å²) in [4.78, 5) is 47.0. The Labute approximate surface area is 307 Å². The molecule has 3 aromatic heterocycles. The van der Waals surface area contributed by atoms with Gasteiger partial charge in [-0.05, 0) is 44.5 Å².